The van der Waals surface area contributed by atoms with Gasteiger partial charge in [-0.2, -0.15) is 0 Å². The van der Waals surface area contributed by atoms with E-state index in [9.17, 15) is 0 Å². The lowest BCUT2D eigenvalue weighted by Gasteiger charge is -2.04. The van der Waals surface area contributed by atoms with Gasteiger partial charge < -0.3 is 5.32 Å². The fourth-order valence-electron chi connectivity index (χ4n) is 0.829. The third kappa shape index (κ3) is 2.83. The molecule has 0 radical (unpaired) electrons. The Bertz CT molecular complexity index is 246. The Balaban J connectivity index is 2.54. The zero-order valence-corrected chi connectivity index (χ0v) is 8.54. The highest BCUT2D eigenvalue weighted by atomic mass is 32.2. The summed E-state index contributed by atoms with van der Waals surface area (Å²) in [7, 11) is 0. The van der Waals surface area contributed by atoms with E-state index >= 15 is 0 Å². The first-order valence-electron chi connectivity index (χ1n) is 3.67. The van der Waals surface area contributed by atoms with Crippen LogP contribution >= 0.6 is 24.0 Å². The molecule has 1 nitrogen and oxygen atoms in total. The van der Waals surface area contributed by atoms with Crippen LogP contribution < -0.4 is 5.32 Å². The van der Waals surface area contributed by atoms with Gasteiger partial charge in [0, 0.05) is 5.56 Å². The highest BCUT2D eigenvalue weighted by Gasteiger charge is 1.96. The monoisotopic (exact) mass is 197 g/mol. The normalized spacial score (nSPS) is 9.42. The molecule has 0 aliphatic rings. The summed E-state index contributed by atoms with van der Waals surface area (Å²) in [6, 6.07) is 9.98. The van der Waals surface area contributed by atoms with Crippen molar-refractivity contribution >= 4 is 29.0 Å². The summed E-state index contributed by atoms with van der Waals surface area (Å²) in [5.74, 6) is 0.869. The molecule has 0 saturated heterocycles. The maximum atomic E-state index is 5.16. The number of rotatable bonds is 3. The number of nitrogens with one attached hydrogen (secondary N) is 1. The molecule has 0 heterocycles. The minimum absolute atomic E-state index is 0.824. The van der Waals surface area contributed by atoms with Gasteiger partial charge in [-0.25, -0.2) is 0 Å². The molecule has 0 aliphatic carbocycles. The van der Waals surface area contributed by atoms with Crippen molar-refractivity contribution in [3.05, 3.63) is 35.9 Å². The Morgan fingerprint density at radius 1 is 1.42 bits per heavy atom. The number of benzene rings is 1. The molecule has 1 N–H and O–H groups in total. The Kier molecular flexibility index (Phi) is 4.11. The summed E-state index contributed by atoms with van der Waals surface area (Å²) in [6.07, 6.45) is 2.04. The van der Waals surface area contributed by atoms with Gasteiger partial charge in [0.1, 0.15) is 4.99 Å². The fraction of sp³-hybridized carbons (Fsp3) is 0.222. The highest BCUT2D eigenvalue weighted by Crippen LogP contribution is 1.99. The Hall–Kier alpha value is -0.540. The van der Waals surface area contributed by atoms with Crippen molar-refractivity contribution in [3.8, 4) is 0 Å². The van der Waals surface area contributed by atoms with Crippen LogP contribution in [0.4, 0.5) is 0 Å². The minimum Gasteiger partial charge on any atom is -0.367 e. The van der Waals surface area contributed by atoms with Gasteiger partial charge in [-0.3, -0.25) is 0 Å². The van der Waals surface area contributed by atoms with E-state index in [0.717, 1.165) is 16.4 Å². The summed E-state index contributed by atoms with van der Waals surface area (Å²) < 4.78 is 0. The molecule has 0 amide bonds. The van der Waals surface area contributed by atoms with Crippen LogP contribution in [0, 0.1) is 0 Å². The van der Waals surface area contributed by atoms with Crippen LogP contribution in [0.15, 0.2) is 30.3 Å². The molecule has 1 aromatic carbocycles. The van der Waals surface area contributed by atoms with Gasteiger partial charge in [0.05, 0.1) is 5.88 Å². The van der Waals surface area contributed by atoms with Crippen molar-refractivity contribution in [1.29, 1.82) is 0 Å². The number of hydrogen-bond donors (Lipinski definition) is 1. The molecule has 0 atom stereocenters. The molecular formula is C9H11NS2. The lowest BCUT2D eigenvalue weighted by Crippen LogP contribution is -2.21. The lowest BCUT2D eigenvalue weighted by molar-refractivity contribution is 1.16. The van der Waals surface area contributed by atoms with E-state index in [1.165, 1.54) is 0 Å². The summed E-state index contributed by atoms with van der Waals surface area (Å²) in [5, 5.41) is 3.14. The average molecular weight is 197 g/mol. The highest BCUT2D eigenvalue weighted by molar-refractivity contribution is 7.98. The van der Waals surface area contributed by atoms with Gasteiger partial charge in [-0.1, -0.05) is 42.5 Å². The molecule has 64 valence electrons. The first-order valence-corrected chi connectivity index (χ1v) is 5.47. The summed E-state index contributed by atoms with van der Waals surface area (Å²) in [5.41, 5.74) is 1.08. The molecule has 3 heteroatoms. The molecule has 0 spiro atoms. The van der Waals surface area contributed by atoms with Gasteiger partial charge in [0.25, 0.3) is 0 Å². The molecule has 0 aromatic heterocycles. The van der Waals surface area contributed by atoms with E-state index in [0.29, 0.717) is 0 Å². The largest absolute Gasteiger partial charge is 0.367 e. The SMILES string of the molecule is CSCNC(=S)c1ccccc1. The van der Waals surface area contributed by atoms with E-state index in [1.54, 1.807) is 11.8 Å². The van der Waals surface area contributed by atoms with Gasteiger partial charge in [-0.15, -0.1) is 11.8 Å². The second-order valence-corrected chi connectivity index (χ2v) is 3.58. The van der Waals surface area contributed by atoms with E-state index in [1.807, 2.05) is 36.6 Å². The second-order valence-electron chi connectivity index (χ2n) is 2.30. The number of hydrogen-bond acceptors (Lipinski definition) is 2. The van der Waals surface area contributed by atoms with Gasteiger partial charge in [-0.05, 0) is 6.26 Å². The number of thiocarbonyl (C=S) groups is 1. The zero-order valence-electron chi connectivity index (χ0n) is 6.91. The summed E-state index contributed by atoms with van der Waals surface area (Å²) >= 11 is 6.89. The van der Waals surface area contributed by atoms with Gasteiger partial charge >= 0.3 is 0 Å². The first-order chi connectivity index (χ1) is 5.84. The zero-order chi connectivity index (χ0) is 8.81. The van der Waals surface area contributed by atoms with Crippen LogP contribution in [0.25, 0.3) is 0 Å². The van der Waals surface area contributed by atoms with Crippen LogP contribution in [0.2, 0.25) is 0 Å². The van der Waals surface area contributed by atoms with E-state index in [4.69, 9.17) is 12.2 Å². The van der Waals surface area contributed by atoms with Crippen molar-refractivity contribution < 1.29 is 0 Å². The van der Waals surface area contributed by atoms with Crippen LogP contribution in [-0.2, 0) is 0 Å². The van der Waals surface area contributed by atoms with Crippen molar-refractivity contribution in [2.75, 3.05) is 12.1 Å². The van der Waals surface area contributed by atoms with Crippen LogP contribution in [0.5, 0.6) is 0 Å². The smallest absolute Gasteiger partial charge is 0.107 e. The number of thioether (sulfide) groups is 1. The molecule has 12 heavy (non-hydrogen) atoms. The standard InChI is InChI=1S/C9H11NS2/c1-12-7-10-9(11)8-5-3-2-4-6-8/h2-6H,7H2,1H3,(H,10,11). The second kappa shape index (κ2) is 5.17. The molecule has 1 rings (SSSR count). The fourth-order valence-corrected chi connectivity index (χ4v) is 1.42. The Morgan fingerprint density at radius 3 is 2.67 bits per heavy atom. The van der Waals surface area contributed by atoms with Crippen LogP contribution in [0.1, 0.15) is 5.56 Å². The Morgan fingerprint density at radius 2 is 2.08 bits per heavy atom. The van der Waals surface area contributed by atoms with E-state index in [2.05, 4.69) is 5.32 Å². The van der Waals surface area contributed by atoms with Crippen molar-refractivity contribution in [2.24, 2.45) is 0 Å². The molecule has 0 unspecified atom stereocenters. The van der Waals surface area contributed by atoms with Crippen molar-refractivity contribution in [2.45, 2.75) is 0 Å². The van der Waals surface area contributed by atoms with Crippen LogP contribution in [-0.4, -0.2) is 17.1 Å². The maximum Gasteiger partial charge on any atom is 0.107 e. The third-order valence-electron chi connectivity index (χ3n) is 1.41. The van der Waals surface area contributed by atoms with Crippen molar-refractivity contribution in [1.82, 2.24) is 5.32 Å². The first kappa shape index (κ1) is 9.55. The Labute approximate surface area is 82.6 Å². The molecular weight excluding hydrogens is 186 g/mol. The molecule has 0 bridgehead atoms. The summed E-state index contributed by atoms with van der Waals surface area (Å²) in [6.45, 7) is 0. The summed E-state index contributed by atoms with van der Waals surface area (Å²) in [4.78, 5) is 0.824. The average Bonchev–Trinajstić information content (AvgIpc) is 2.15. The molecule has 0 fully saturated rings. The molecule has 1 aromatic rings. The van der Waals surface area contributed by atoms with E-state index in [-0.39, 0.29) is 0 Å². The predicted molar refractivity (Wildman–Crippen MR) is 59.7 cm³/mol. The van der Waals surface area contributed by atoms with Gasteiger partial charge in [0.15, 0.2) is 0 Å². The topological polar surface area (TPSA) is 12.0 Å². The van der Waals surface area contributed by atoms with E-state index < -0.39 is 0 Å². The van der Waals surface area contributed by atoms with Crippen LogP contribution in [0.3, 0.4) is 0 Å². The predicted octanol–water partition coefficient (Wildman–Crippen LogP) is 2.27. The van der Waals surface area contributed by atoms with Gasteiger partial charge in [0.2, 0.25) is 0 Å². The molecule has 0 saturated carbocycles. The quantitative estimate of drug-likeness (QED) is 0.590. The maximum absolute atomic E-state index is 5.16. The minimum atomic E-state index is 0.824. The van der Waals surface area contributed by atoms with Crippen molar-refractivity contribution in [3.63, 3.8) is 0 Å². The molecule has 0 aliphatic heterocycles. The lowest BCUT2D eigenvalue weighted by atomic mass is 10.2. The third-order valence-corrected chi connectivity index (χ3v) is 2.23.